The Morgan fingerprint density at radius 1 is 1.08 bits per heavy atom. The van der Waals surface area contributed by atoms with Crippen LogP contribution in [0.2, 0.25) is 0 Å². The van der Waals surface area contributed by atoms with Crippen LogP contribution >= 0.6 is 0 Å². The Kier molecular flexibility index (Phi) is 4.09. The molecule has 0 bridgehead atoms. The van der Waals surface area contributed by atoms with Crippen molar-refractivity contribution in [2.24, 2.45) is 0 Å². The summed E-state index contributed by atoms with van der Waals surface area (Å²) in [7, 11) is 0. The first kappa shape index (κ1) is 15.0. The number of aromatic amines is 1. The lowest BCUT2D eigenvalue weighted by Crippen LogP contribution is -2.29. The van der Waals surface area contributed by atoms with Gasteiger partial charge in [-0.05, 0) is 55.3 Å². The monoisotopic (exact) mass is 320 g/mol. The number of fused-ring (bicyclic) bond motifs is 1. The quantitative estimate of drug-likeness (QED) is 0.748. The van der Waals surface area contributed by atoms with Crippen molar-refractivity contribution in [1.82, 2.24) is 20.1 Å². The van der Waals surface area contributed by atoms with Gasteiger partial charge >= 0.3 is 0 Å². The fraction of sp³-hybridized carbons (Fsp3) is 0.316. The van der Waals surface area contributed by atoms with Crippen molar-refractivity contribution in [2.45, 2.75) is 25.8 Å². The first-order chi connectivity index (χ1) is 11.8. The standard InChI is InChI=1S/C19H20N4O/c24-13-19-17-9-15(4-5-18(17)21-22-19)16-8-14(10-20-11-16)12-23-6-2-1-3-7-23/h4-5,8-11,13H,1-3,6-7,12H2,(H,21,22). The average Bonchev–Trinajstić information content (AvgIpc) is 3.05. The van der Waals surface area contributed by atoms with Gasteiger partial charge in [-0.3, -0.25) is 19.8 Å². The molecule has 1 aliphatic rings. The maximum atomic E-state index is 11.1. The molecule has 1 aliphatic heterocycles. The second-order valence-corrected chi connectivity index (χ2v) is 6.41. The second kappa shape index (κ2) is 6.53. The summed E-state index contributed by atoms with van der Waals surface area (Å²) in [5, 5.41) is 7.76. The summed E-state index contributed by atoms with van der Waals surface area (Å²) in [5.74, 6) is 0. The van der Waals surface area contributed by atoms with Crippen LogP contribution in [0, 0.1) is 0 Å². The summed E-state index contributed by atoms with van der Waals surface area (Å²) in [6.45, 7) is 3.30. The molecule has 4 rings (SSSR count). The molecule has 0 unspecified atom stereocenters. The van der Waals surface area contributed by atoms with Gasteiger partial charge in [0.1, 0.15) is 5.69 Å². The van der Waals surface area contributed by atoms with Crippen molar-refractivity contribution in [2.75, 3.05) is 13.1 Å². The third kappa shape index (κ3) is 2.95. The van der Waals surface area contributed by atoms with E-state index in [1.807, 2.05) is 30.6 Å². The highest BCUT2D eigenvalue weighted by Crippen LogP contribution is 2.25. The van der Waals surface area contributed by atoms with Crippen LogP contribution in [0.25, 0.3) is 22.0 Å². The molecule has 0 atom stereocenters. The molecule has 3 heterocycles. The molecule has 1 fully saturated rings. The number of nitrogens with one attached hydrogen (secondary N) is 1. The summed E-state index contributed by atoms with van der Waals surface area (Å²) in [6.07, 6.45) is 8.56. The molecule has 122 valence electrons. The molecule has 1 N–H and O–H groups in total. The van der Waals surface area contributed by atoms with Crippen molar-refractivity contribution < 1.29 is 4.79 Å². The third-order valence-corrected chi connectivity index (χ3v) is 4.68. The fourth-order valence-electron chi connectivity index (χ4n) is 3.41. The number of hydrogen-bond donors (Lipinski definition) is 1. The van der Waals surface area contributed by atoms with E-state index in [4.69, 9.17) is 0 Å². The van der Waals surface area contributed by atoms with E-state index < -0.39 is 0 Å². The number of carbonyl (C=O) groups is 1. The second-order valence-electron chi connectivity index (χ2n) is 6.41. The number of rotatable bonds is 4. The lowest BCUT2D eigenvalue weighted by molar-refractivity contribution is 0.112. The normalized spacial score (nSPS) is 15.7. The molecule has 0 saturated carbocycles. The lowest BCUT2D eigenvalue weighted by Gasteiger charge is -2.26. The van der Waals surface area contributed by atoms with Gasteiger partial charge in [-0.25, -0.2) is 0 Å². The van der Waals surface area contributed by atoms with E-state index in [0.717, 1.165) is 34.9 Å². The van der Waals surface area contributed by atoms with Crippen LogP contribution in [0.5, 0.6) is 0 Å². The third-order valence-electron chi connectivity index (χ3n) is 4.68. The smallest absolute Gasteiger partial charge is 0.168 e. The number of aromatic nitrogens is 3. The van der Waals surface area contributed by atoms with Gasteiger partial charge in [-0.1, -0.05) is 12.5 Å². The van der Waals surface area contributed by atoms with E-state index >= 15 is 0 Å². The van der Waals surface area contributed by atoms with Gasteiger partial charge in [0.05, 0.1) is 5.52 Å². The topological polar surface area (TPSA) is 61.9 Å². The predicted molar refractivity (Wildman–Crippen MR) is 93.8 cm³/mol. The van der Waals surface area contributed by atoms with Gasteiger partial charge < -0.3 is 0 Å². The lowest BCUT2D eigenvalue weighted by atomic mass is 10.0. The van der Waals surface area contributed by atoms with Crippen LogP contribution in [-0.4, -0.2) is 39.5 Å². The first-order valence-corrected chi connectivity index (χ1v) is 8.43. The Balaban J connectivity index is 1.63. The molecule has 0 aliphatic carbocycles. The van der Waals surface area contributed by atoms with Crippen LogP contribution in [0.4, 0.5) is 0 Å². The zero-order valence-electron chi connectivity index (χ0n) is 13.5. The number of benzene rings is 1. The van der Waals surface area contributed by atoms with Crippen LogP contribution < -0.4 is 0 Å². The van der Waals surface area contributed by atoms with Crippen LogP contribution in [0.1, 0.15) is 35.3 Å². The SMILES string of the molecule is O=Cc1[nH]nc2ccc(-c3cncc(CN4CCCCC4)c3)cc12. The first-order valence-electron chi connectivity index (χ1n) is 8.43. The number of pyridine rings is 1. The summed E-state index contributed by atoms with van der Waals surface area (Å²) in [4.78, 5) is 18.0. The minimum Gasteiger partial charge on any atom is -0.299 e. The van der Waals surface area contributed by atoms with Crippen LogP contribution in [0.3, 0.4) is 0 Å². The Labute approximate surface area is 140 Å². The number of carbonyl (C=O) groups excluding carboxylic acids is 1. The minimum atomic E-state index is 0.518. The van der Waals surface area contributed by atoms with E-state index in [2.05, 4.69) is 26.1 Å². The molecule has 0 spiro atoms. The Morgan fingerprint density at radius 3 is 2.79 bits per heavy atom. The van der Waals surface area contributed by atoms with E-state index in [9.17, 15) is 4.79 Å². The Hall–Kier alpha value is -2.53. The maximum Gasteiger partial charge on any atom is 0.168 e. The molecule has 2 aromatic heterocycles. The number of hydrogen-bond acceptors (Lipinski definition) is 4. The zero-order valence-corrected chi connectivity index (χ0v) is 13.5. The molecule has 1 aromatic carbocycles. The van der Waals surface area contributed by atoms with E-state index in [-0.39, 0.29) is 0 Å². The maximum absolute atomic E-state index is 11.1. The number of nitrogens with zero attached hydrogens (tertiary/aromatic N) is 3. The Morgan fingerprint density at radius 2 is 1.96 bits per heavy atom. The highest BCUT2D eigenvalue weighted by atomic mass is 16.1. The highest BCUT2D eigenvalue weighted by molar-refractivity contribution is 5.96. The summed E-state index contributed by atoms with van der Waals surface area (Å²) in [6, 6.07) is 8.17. The van der Waals surface area contributed by atoms with Crippen molar-refractivity contribution in [3.8, 4) is 11.1 Å². The van der Waals surface area contributed by atoms with Crippen molar-refractivity contribution in [3.63, 3.8) is 0 Å². The summed E-state index contributed by atoms with van der Waals surface area (Å²) < 4.78 is 0. The molecular weight excluding hydrogens is 300 g/mol. The van der Waals surface area contributed by atoms with Crippen molar-refractivity contribution in [1.29, 1.82) is 0 Å². The predicted octanol–water partition coefficient (Wildman–Crippen LogP) is 3.42. The molecule has 0 amide bonds. The van der Waals surface area contributed by atoms with Gasteiger partial charge in [0.25, 0.3) is 0 Å². The largest absolute Gasteiger partial charge is 0.299 e. The van der Waals surface area contributed by atoms with E-state index in [0.29, 0.717) is 5.69 Å². The van der Waals surface area contributed by atoms with Crippen molar-refractivity contribution >= 4 is 17.2 Å². The molecular formula is C19H20N4O. The molecule has 5 nitrogen and oxygen atoms in total. The summed E-state index contributed by atoms with van der Waals surface area (Å²) in [5.41, 5.74) is 4.68. The van der Waals surface area contributed by atoms with E-state index in [1.54, 1.807) is 0 Å². The zero-order chi connectivity index (χ0) is 16.4. The molecule has 5 heteroatoms. The minimum absolute atomic E-state index is 0.518. The van der Waals surface area contributed by atoms with Crippen molar-refractivity contribution in [3.05, 3.63) is 47.9 Å². The number of piperidine rings is 1. The molecule has 3 aromatic rings. The molecule has 0 radical (unpaired) electrons. The van der Waals surface area contributed by atoms with Gasteiger partial charge in [0, 0.05) is 29.9 Å². The van der Waals surface area contributed by atoms with E-state index in [1.165, 1.54) is 37.9 Å². The average molecular weight is 320 g/mol. The van der Waals surface area contributed by atoms with Gasteiger partial charge in [-0.15, -0.1) is 0 Å². The number of likely N-dealkylation sites (tertiary alicyclic amines) is 1. The summed E-state index contributed by atoms with van der Waals surface area (Å²) >= 11 is 0. The van der Waals surface area contributed by atoms with Crippen LogP contribution in [0.15, 0.2) is 36.7 Å². The Bertz CT molecular complexity index is 865. The number of H-pyrrole nitrogens is 1. The van der Waals surface area contributed by atoms with Gasteiger partial charge in [-0.2, -0.15) is 5.10 Å². The van der Waals surface area contributed by atoms with Gasteiger partial charge in [0.15, 0.2) is 6.29 Å². The fourth-order valence-corrected chi connectivity index (χ4v) is 3.41. The highest BCUT2D eigenvalue weighted by Gasteiger charge is 2.12. The number of aldehydes is 1. The molecule has 24 heavy (non-hydrogen) atoms. The van der Waals surface area contributed by atoms with Crippen LogP contribution in [-0.2, 0) is 6.54 Å². The molecule has 1 saturated heterocycles. The van der Waals surface area contributed by atoms with Gasteiger partial charge in [0.2, 0.25) is 0 Å².